The van der Waals surface area contributed by atoms with Crippen molar-refractivity contribution in [3.63, 3.8) is 0 Å². The van der Waals surface area contributed by atoms with Crippen LogP contribution in [0.5, 0.6) is 0 Å². The Morgan fingerprint density at radius 3 is 1.25 bits per heavy atom. The Morgan fingerprint density at radius 1 is 0.500 bits per heavy atom. The summed E-state index contributed by atoms with van der Waals surface area (Å²) in [5.74, 6) is 7.27. The first-order valence-corrected chi connectivity index (χ1v) is 44.9. The number of halogens is 1. The fourth-order valence-electron chi connectivity index (χ4n) is 15.9. The first kappa shape index (κ1) is 93.6. The number of anilines is 3. The van der Waals surface area contributed by atoms with E-state index >= 15 is 0 Å². The van der Waals surface area contributed by atoms with Crippen LogP contribution in [-0.4, -0.2) is 175 Å². The minimum absolute atomic E-state index is 0. The smallest absolute Gasteiger partial charge is 0.775 e. The van der Waals surface area contributed by atoms with Gasteiger partial charge in [0, 0.05) is 166 Å². The minimum atomic E-state index is -0.539. The maximum absolute atomic E-state index is 12.6. The molecule has 3 spiro atoms. The average Bonchev–Trinajstić information content (AvgIpc) is 1.62. The topological polar surface area (TPSA) is 505 Å². The maximum Gasteiger partial charge on any atom is 1.00 e. The molecule has 0 saturated carbocycles. The van der Waals surface area contributed by atoms with Crippen LogP contribution in [0.15, 0.2) is 236 Å². The molecule has 18 rings (SSSR count). The van der Waals surface area contributed by atoms with Gasteiger partial charge in [-0.1, -0.05) is 65.1 Å². The Labute approximate surface area is 779 Å². The van der Waals surface area contributed by atoms with E-state index in [0.29, 0.717) is 18.1 Å². The van der Waals surface area contributed by atoms with Gasteiger partial charge < -0.3 is 73.2 Å². The number of alkyl carbamates (subject to hydrolysis) is 2. The van der Waals surface area contributed by atoms with E-state index in [-0.39, 0.29) is 94.4 Å². The van der Waals surface area contributed by atoms with Gasteiger partial charge in [0.2, 0.25) is 17.8 Å². The summed E-state index contributed by atoms with van der Waals surface area (Å²) in [4.78, 5) is 64.9. The molecule has 6 aliphatic rings. The third-order valence-electron chi connectivity index (χ3n) is 22.0. The van der Waals surface area contributed by atoms with Gasteiger partial charge in [-0.3, -0.25) is 13.2 Å². The molecule has 50 heteroatoms. The van der Waals surface area contributed by atoms with E-state index in [1.165, 1.54) is 64.4 Å². The summed E-state index contributed by atoms with van der Waals surface area (Å²) in [6, 6.07) is 18.6. The van der Waals surface area contributed by atoms with Crippen molar-refractivity contribution in [2.75, 3.05) is 73.8 Å². The van der Waals surface area contributed by atoms with Gasteiger partial charge in [0.15, 0.2) is 11.3 Å². The van der Waals surface area contributed by atoms with Crippen LogP contribution in [0.25, 0.3) is 47.2 Å². The Kier molecular flexibility index (Phi) is 31.4. The summed E-state index contributed by atoms with van der Waals surface area (Å²) in [5.41, 5.74) is 14.1. The fraction of sp³-hybridized carbons (Fsp3) is 0.461. The molecule has 126 heavy (non-hydrogen) atoms. The predicted octanol–water partition coefficient (Wildman–Crippen LogP) is 14.3. The number of aromatic nitrogens is 12. The van der Waals surface area contributed by atoms with Crippen molar-refractivity contribution in [3.05, 3.63) is 133 Å². The zero-order chi connectivity index (χ0) is 87.9. The molecule has 0 unspecified atom stereocenters. The van der Waals surface area contributed by atoms with Gasteiger partial charge in [0.1, 0.15) is 16.8 Å². The summed E-state index contributed by atoms with van der Waals surface area (Å²) in [5, 5.41) is 53.0. The second-order valence-corrected chi connectivity index (χ2v) is 37.9. The van der Waals surface area contributed by atoms with E-state index in [1.54, 1.807) is 35.9 Å². The number of fused-ring (bicyclic) bond motifs is 6. The zero-order valence-electron chi connectivity index (χ0n) is 70.5. The second kappa shape index (κ2) is 42.3. The van der Waals surface area contributed by atoms with Crippen molar-refractivity contribution in [2.24, 2.45) is 106 Å². The van der Waals surface area contributed by atoms with Crippen molar-refractivity contribution in [1.29, 1.82) is 5.53 Å². The van der Waals surface area contributed by atoms with E-state index < -0.39 is 11.2 Å². The van der Waals surface area contributed by atoms with Gasteiger partial charge in [0.25, 0.3) is 0 Å². The van der Waals surface area contributed by atoms with E-state index in [0.717, 1.165) is 144 Å². The van der Waals surface area contributed by atoms with E-state index in [2.05, 4.69) is 217 Å². The van der Waals surface area contributed by atoms with Gasteiger partial charge >= 0.3 is 41.7 Å². The van der Waals surface area contributed by atoms with Crippen molar-refractivity contribution in [3.8, 4) is 0 Å². The molecule has 0 bridgehead atoms. The number of nitrogens with zero attached hydrogens (tertiary/aromatic N) is 30. The molecule has 6 fully saturated rings. The van der Waals surface area contributed by atoms with E-state index in [9.17, 15) is 9.59 Å². The first-order valence-electron chi connectivity index (χ1n) is 39.7. The number of benzene rings is 3. The SMILES string of the molecule is Brc1cccc2cnsc12.C[C@@H]1OCC2(CCN(c3ncc(Sc4cccc5cnsc45)c4nccn34)CC2)[C@@H]1N.C[C@@H]1OCC2(CCN(c3ncc(Sc4cccc5cnsc45)c4nccn34)CC2)[C@@H]1NC(=O)OC(C)(C)C.C[C@@H]1OCC2(CCN(c3ncc([S-])c4nccn34)CC2)[C@@H]1NC(=O)OC(C)(C)C.N=N/N=N/N=N/N=N/N=N/N=N/N=N/N=N/N.[Na+]. The van der Waals surface area contributed by atoms with Crippen LogP contribution in [0.3, 0.4) is 0 Å². The van der Waals surface area contributed by atoms with E-state index in [4.69, 9.17) is 57.5 Å². The summed E-state index contributed by atoms with van der Waals surface area (Å²) in [6.45, 7) is 24.5. The number of carbonyl (C=O) groups excluding carboxylic acids is 2. The zero-order valence-corrected chi connectivity index (χ0v) is 78.9. The average molecular weight is 1900 g/mol. The maximum atomic E-state index is 12.6. The number of carbonyl (C=O) groups is 2. The number of nitrogens with two attached hydrogens (primary N) is 2. The third kappa shape index (κ3) is 22.4. The van der Waals surface area contributed by atoms with Crippen LogP contribution in [0.1, 0.15) is 101 Å². The molecule has 0 radical (unpaired) electrons. The molecule has 6 atom stereocenters. The summed E-state index contributed by atoms with van der Waals surface area (Å²) >= 11 is 16.7. The van der Waals surface area contributed by atoms with Crippen molar-refractivity contribution >= 4 is 164 Å². The molecule has 9 aromatic heterocycles. The fourth-order valence-corrected chi connectivity index (χ4v) is 21.1. The Hall–Kier alpha value is -10.0. The Morgan fingerprint density at radius 2 is 0.857 bits per heavy atom. The van der Waals surface area contributed by atoms with Gasteiger partial charge in [0.05, 0.1) is 74.1 Å². The van der Waals surface area contributed by atoms with Crippen LogP contribution < -0.4 is 66.5 Å². The molecule has 15 heterocycles. The van der Waals surface area contributed by atoms with Crippen molar-refractivity contribution in [2.45, 2.75) is 173 Å². The van der Waals surface area contributed by atoms with Crippen LogP contribution in [0.4, 0.5) is 27.4 Å². The van der Waals surface area contributed by atoms with Gasteiger partial charge in [-0.2, -0.15) is 18.7 Å². The predicted molar refractivity (Wildman–Crippen MR) is 475 cm³/mol. The molecular weight excluding hydrogens is 1810 g/mol. The number of imidazole rings is 3. The first-order chi connectivity index (χ1) is 60.3. The number of ether oxygens (including phenoxy) is 5. The molecule has 6 saturated heterocycles. The number of nitrogens with one attached hydrogen (secondary N) is 3. The molecule has 7 N–H and O–H groups in total. The normalized spacial score (nSPS) is 20.5. The molecule has 0 aliphatic carbocycles. The summed E-state index contributed by atoms with van der Waals surface area (Å²) in [7, 11) is 0. The summed E-state index contributed by atoms with van der Waals surface area (Å²) in [6.07, 6.45) is 27.5. The van der Waals surface area contributed by atoms with Gasteiger partial charge in [-0.05, 0) is 243 Å². The van der Waals surface area contributed by atoms with Crippen LogP contribution in [-0.2, 0) is 36.3 Å². The molecule has 12 aromatic rings. The quantitative estimate of drug-likeness (QED) is 0.0197. The molecule has 656 valence electrons. The van der Waals surface area contributed by atoms with Gasteiger partial charge in [-0.25, -0.2) is 39.5 Å². The van der Waals surface area contributed by atoms with Crippen LogP contribution in [0, 0.1) is 21.8 Å². The molecule has 42 nitrogen and oxygen atoms in total. The Bertz CT molecular complexity index is 5950. The molecular formula is C76H91BrN35NaO7S6. The number of rotatable bonds is 16. The van der Waals surface area contributed by atoms with Crippen LogP contribution >= 0.6 is 74.1 Å². The Balaban J connectivity index is 0.000000142. The van der Waals surface area contributed by atoms with Crippen molar-refractivity contribution in [1.82, 2.24) is 66.9 Å². The molecule has 2 amide bonds. The standard InChI is InChI=1S/C27H32N6O3S2.C22H24N6OS2.C20H29N5O3S.C7H4BrNS.H3N17.Na/c1-17-22(31-25(34)36-26(2,3)4)27(16-35-17)8-11-32(12-9-27)24-29-15-20(23-28-10-13-33(23)24)37-19-7-5-6-18-14-30-38-21(18)19;1-14-19(23)22(13-29-14)5-8-27(9-6-22)21-25-12-17(20-24-7-10-28(20)21)30-16-4-2-3-15-11-26-31-18(15)16;1-13-15(23-18(26)28-19(2,3)4)20(12-27-13)5-8-24(9-6-20)17-22-11-14(29)16-21-7-10-25(16)17;8-6-3-1-2-5-4-9-10-7(5)6;1-3-5-7-9-11-13-15-17-16-14-12-10-8-6-4-2;/h5-7,10,13-15,17,22H,8-9,11-12,16H2,1-4H3,(H,31,34);2-4,7,10-12,14,19H,5-6,8-9,13,23H2,1H3;7,10-11,13,15,29H,5-6,8-9,12H2,1-4H3,(H,23,26);1-4H;(H3,1,2,5,6,9,10,13,14,17);/q;;;;;+1/p-1/t17-,22+;14-,19+;13-,15+;;;/m000.../s1. The summed E-state index contributed by atoms with van der Waals surface area (Å²) < 4.78 is 52.6. The molecule has 3 aromatic carbocycles. The number of hydrogen-bond acceptors (Lipinski definition) is 28. The molecule has 6 aliphatic heterocycles. The second-order valence-electron chi connectivity index (χ2n) is 32.1. The van der Waals surface area contributed by atoms with Crippen LogP contribution in [0.2, 0.25) is 0 Å². The third-order valence-corrected chi connectivity index (χ3v) is 28.2. The minimum Gasteiger partial charge on any atom is -0.775 e. The largest absolute Gasteiger partial charge is 1.00 e. The van der Waals surface area contributed by atoms with Crippen molar-refractivity contribution < 1.29 is 62.8 Å². The number of hydrogen-bond donors (Lipinski definition) is 5. The number of amides is 2. The monoisotopic (exact) mass is 1900 g/mol. The van der Waals surface area contributed by atoms with Gasteiger partial charge in [-0.15, -0.1) is 4.90 Å². The van der Waals surface area contributed by atoms with E-state index in [1.807, 2.05) is 134 Å². The number of piperidine rings is 3.